The van der Waals surface area contributed by atoms with Crippen LogP contribution in [-0.4, -0.2) is 19.6 Å². The summed E-state index contributed by atoms with van der Waals surface area (Å²) < 4.78 is 1.82. The quantitative estimate of drug-likeness (QED) is 0.726. The van der Waals surface area contributed by atoms with Crippen molar-refractivity contribution in [2.75, 3.05) is 5.73 Å². The van der Waals surface area contributed by atoms with Gasteiger partial charge in [0.15, 0.2) is 0 Å². The Morgan fingerprint density at radius 3 is 2.15 bits per heavy atom. The van der Waals surface area contributed by atoms with Crippen LogP contribution in [0.3, 0.4) is 0 Å². The molecule has 0 spiro atoms. The van der Waals surface area contributed by atoms with Crippen LogP contribution < -0.4 is 5.73 Å². The number of hydrogen-bond acceptors (Lipinski definition) is 4. The van der Waals surface area contributed by atoms with E-state index in [2.05, 4.69) is 21.6 Å². The highest BCUT2D eigenvalue weighted by molar-refractivity contribution is 5.81. The number of hydrogen-bond donors (Lipinski definition) is 1. The van der Waals surface area contributed by atoms with E-state index < -0.39 is 0 Å². The third-order valence-corrected chi connectivity index (χ3v) is 4.84. The van der Waals surface area contributed by atoms with Crippen molar-refractivity contribution < 1.29 is 0 Å². The van der Waals surface area contributed by atoms with Crippen molar-refractivity contribution in [3.63, 3.8) is 0 Å². The maximum Gasteiger partial charge on any atom is 0.220 e. The molecular formula is C21H27N5. The first-order valence-corrected chi connectivity index (χ1v) is 9.30. The van der Waals surface area contributed by atoms with Gasteiger partial charge in [-0.3, -0.25) is 0 Å². The highest BCUT2D eigenvalue weighted by Gasteiger charge is 2.12. The molecule has 0 amide bonds. The normalized spacial score (nSPS) is 13.9. The van der Waals surface area contributed by atoms with Gasteiger partial charge in [0.25, 0.3) is 0 Å². The lowest BCUT2D eigenvalue weighted by Crippen LogP contribution is -2.04. The van der Waals surface area contributed by atoms with Crippen molar-refractivity contribution in [3.05, 3.63) is 59.7 Å². The molecule has 1 fully saturated rings. The summed E-state index contributed by atoms with van der Waals surface area (Å²) in [6.45, 7) is 8.03. The van der Waals surface area contributed by atoms with E-state index >= 15 is 0 Å². The number of aryl methyl sites for hydroxylation is 2. The number of nitrogens with zero attached hydrogens (tertiary/aromatic N) is 4. The second-order valence-corrected chi connectivity index (χ2v) is 6.84. The monoisotopic (exact) mass is 349 g/mol. The molecule has 5 nitrogen and oxygen atoms in total. The SMILES string of the molecule is C1CCCCC1.C=C(c1ccn2nccc2c1)c1c(C)nc(N)nc1C. The van der Waals surface area contributed by atoms with Gasteiger partial charge in [0.1, 0.15) is 0 Å². The fourth-order valence-electron chi connectivity index (χ4n) is 3.49. The van der Waals surface area contributed by atoms with Gasteiger partial charge in [0.05, 0.1) is 16.9 Å². The predicted octanol–water partition coefficient (Wildman–Crippen LogP) is 4.73. The summed E-state index contributed by atoms with van der Waals surface area (Å²) in [5, 5.41) is 4.18. The van der Waals surface area contributed by atoms with Crippen molar-refractivity contribution >= 4 is 17.0 Å². The number of anilines is 1. The van der Waals surface area contributed by atoms with E-state index in [0.29, 0.717) is 5.95 Å². The van der Waals surface area contributed by atoms with Crippen LogP contribution in [0, 0.1) is 13.8 Å². The average Bonchev–Trinajstić information content (AvgIpc) is 3.10. The number of pyridine rings is 1. The summed E-state index contributed by atoms with van der Waals surface area (Å²) in [7, 11) is 0. The molecule has 0 saturated heterocycles. The minimum atomic E-state index is 0.294. The topological polar surface area (TPSA) is 69.1 Å². The molecule has 3 aromatic rings. The molecule has 0 unspecified atom stereocenters. The summed E-state index contributed by atoms with van der Waals surface area (Å²) in [4.78, 5) is 8.44. The molecule has 0 aromatic carbocycles. The number of fused-ring (bicyclic) bond motifs is 1. The predicted molar refractivity (Wildman–Crippen MR) is 107 cm³/mol. The maximum atomic E-state index is 5.66. The first-order valence-electron chi connectivity index (χ1n) is 9.30. The van der Waals surface area contributed by atoms with Gasteiger partial charge in [-0.15, -0.1) is 0 Å². The Bertz CT molecular complexity index is 871. The Kier molecular flexibility index (Phi) is 5.66. The van der Waals surface area contributed by atoms with Gasteiger partial charge in [0, 0.05) is 18.0 Å². The second kappa shape index (κ2) is 8.13. The number of aromatic nitrogens is 4. The van der Waals surface area contributed by atoms with E-state index in [-0.39, 0.29) is 0 Å². The van der Waals surface area contributed by atoms with Crippen molar-refractivity contribution in [3.8, 4) is 0 Å². The smallest absolute Gasteiger partial charge is 0.220 e. The Labute approximate surface area is 155 Å². The van der Waals surface area contributed by atoms with Crippen molar-refractivity contribution in [1.82, 2.24) is 19.6 Å². The largest absolute Gasteiger partial charge is 0.368 e. The zero-order valence-corrected chi connectivity index (χ0v) is 15.7. The van der Waals surface area contributed by atoms with Crippen LogP contribution in [0.2, 0.25) is 0 Å². The maximum absolute atomic E-state index is 5.66. The lowest BCUT2D eigenvalue weighted by molar-refractivity contribution is 0.504. The highest BCUT2D eigenvalue weighted by Crippen LogP contribution is 2.27. The minimum Gasteiger partial charge on any atom is -0.368 e. The summed E-state index contributed by atoms with van der Waals surface area (Å²) in [6.07, 6.45) is 12.7. The van der Waals surface area contributed by atoms with E-state index in [1.807, 2.05) is 42.8 Å². The lowest BCUT2D eigenvalue weighted by atomic mass is 9.98. The van der Waals surface area contributed by atoms with Gasteiger partial charge >= 0.3 is 0 Å². The molecule has 0 radical (unpaired) electrons. The second-order valence-electron chi connectivity index (χ2n) is 6.84. The first-order chi connectivity index (χ1) is 12.6. The lowest BCUT2D eigenvalue weighted by Gasteiger charge is -2.12. The zero-order valence-electron chi connectivity index (χ0n) is 15.7. The molecule has 3 aromatic heterocycles. The van der Waals surface area contributed by atoms with E-state index in [1.54, 1.807) is 6.20 Å². The molecule has 5 heteroatoms. The summed E-state index contributed by atoms with van der Waals surface area (Å²) >= 11 is 0. The van der Waals surface area contributed by atoms with E-state index in [9.17, 15) is 0 Å². The number of nitrogen functional groups attached to an aromatic ring is 1. The third kappa shape index (κ3) is 4.10. The Balaban J connectivity index is 0.000000278. The summed E-state index contributed by atoms with van der Waals surface area (Å²) in [6, 6.07) is 5.98. The van der Waals surface area contributed by atoms with Crippen LogP contribution in [-0.2, 0) is 0 Å². The Morgan fingerprint density at radius 1 is 1.00 bits per heavy atom. The van der Waals surface area contributed by atoms with Gasteiger partial charge < -0.3 is 5.73 Å². The zero-order chi connectivity index (χ0) is 18.5. The van der Waals surface area contributed by atoms with Gasteiger partial charge in [-0.1, -0.05) is 45.1 Å². The van der Waals surface area contributed by atoms with Crippen LogP contribution in [0.1, 0.15) is 61.0 Å². The molecule has 136 valence electrons. The fourth-order valence-corrected chi connectivity index (χ4v) is 3.49. The van der Waals surface area contributed by atoms with Crippen LogP contribution in [0.15, 0.2) is 37.2 Å². The molecule has 1 aliphatic carbocycles. The molecule has 0 atom stereocenters. The Morgan fingerprint density at radius 2 is 1.58 bits per heavy atom. The molecule has 0 aliphatic heterocycles. The van der Waals surface area contributed by atoms with Crippen molar-refractivity contribution in [2.45, 2.75) is 52.4 Å². The standard InChI is InChI=1S/C15H15N5.C6H12/c1-9(14-10(2)18-15(16)19-11(14)3)12-5-7-20-13(8-12)4-6-17-20;1-2-4-6-5-3-1/h4-8H,1H2,2-3H3,(H2,16,18,19);1-6H2. The van der Waals surface area contributed by atoms with Crippen LogP contribution >= 0.6 is 0 Å². The Hall–Kier alpha value is -2.69. The molecule has 2 N–H and O–H groups in total. The summed E-state index contributed by atoms with van der Waals surface area (Å²) in [5.74, 6) is 0.294. The molecule has 26 heavy (non-hydrogen) atoms. The molecule has 3 heterocycles. The van der Waals surface area contributed by atoms with E-state index in [1.165, 1.54) is 38.5 Å². The van der Waals surface area contributed by atoms with Gasteiger partial charge in [-0.25, -0.2) is 14.5 Å². The average molecular weight is 349 g/mol. The van der Waals surface area contributed by atoms with Crippen molar-refractivity contribution in [1.29, 1.82) is 0 Å². The fraction of sp³-hybridized carbons (Fsp3) is 0.381. The molecule has 1 saturated carbocycles. The van der Waals surface area contributed by atoms with E-state index in [4.69, 9.17) is 5.73 Å². The first kappa shape index (κ1) is 18.1. The molecule has 1 aliphatic rings. The molecule has 0 bridgehead atoms. The number of nitrogens with two attached hydrogens (primary N) is 1. The minimum absolute atomic E-state index is 0.294. The van der Waals surface area contributed by atoms with Crippen LogP contribution in [0.5, 0.6) is 0 Å². The van der Waals surface area contributed by atoms with Gasteiger partial charge in [-0.05, 0) is 43.2 Å². The van der Waals surface area contributed by atoms with E-state index in [0.717, 1.165) is 33.6 Å². The number of rotatable bonds is 2. The third-order valence-electron chi connectivity index (χ3n) is 4.84. The molecule has 4 rings (SSSR count). The van der Waals surface area contributed by atoms with Crippen LogP contribution in [0.25, 0.3) is 11.1 Å². The van der Waals surface area contributed by atoms with Crippen molar-refractivity contribution in [2.24, 2.45) is 0 Å². The van der Waals surface area contributed by atoms with Crippen LogP contribution in [0.4, 0.5) is 5.95 Å². The highest BCUT2D eigenvalue weighted by atomic mass is 15.2. The van der Waals surface area contributed by atoms with Gasteiger partial charge in [-0.2, -0.15) is 5.10 Å². The van der Waals surface area contributed by atoms with Gasteiger partial charge in [0.2, 0.25) is 5.95 Å². The molecular weight excluding hydrogens is 322 g/mol. The summed E-state index contributed by atoms with van der Waals surface area (Å²) in [5.41, 5.74) is 11.2.